The largest absolute Gasteiger partial charge is 0.379 e. The van der Waals surface area contributed by atoms with Gasteiger partial charge >= 0.3 is 0 Å². The van der Waals surface area contributed by atoms with Crippen LogP contribution in [-0.2, 0) is 17.8 Å². The van der Waals surface area contributed by atoms with E-state index in [0.29, 0.717) is 6.54 Å². The molecule has 0 heterocycles. The summed E-state index contributed by atoms with van der Waals surface area (Å²) in [5, 5.41) is 0. The van der Waals surface area contributed by atoms with Crippen molar-refractivity contribution >= 4 is 0 Å². The molecule has 2 N–H and O–H groups in total. The molecule has 1 aromatic carbocycles. The summed E-state index contributed by atoms with van der Waals surface area (Å²) < 4.78 is 5.43. The molecule has 102 valence electrons. The fourth-order valence-corrected chi connectivity index (χ4v) is 1.73. The molecule has 0 aliphatic heterocycles. The smallest absolute Gasteiger partial charge is 0.0634 e. The molecule has 0 atom stereocenters. The number of benzene rings is 1. The number of nitrogens with two attached hydrogens (primary N) is 1. The summed E-state index contributed by atoms with van der Waals surface area (Å²) >= 11 is 0. The third-order valence-electron chi connectivity index (χ3n) is 3.36. The Bertz CT molecular complexity index is 346. The van der Waals surface area contributed by atoms with Gasteiger partial charge in [-0.2, -0.15) is 0 Å². The maximum atomic E-state index is 5.59. The van der Waals surface area contributed by atoms with Crippen LogP contribution >= 0.6 is 0 Å². The van der Waals surface area contributed by atoms with Gasteiger partial charge in [0.15, 0.2) is 0 Å². The van der Waals surface area contributed by atoms with Crippen molar-refractivity contribution in [3.8, 4) is 0 Å². The number of hydrogen-bond acceptors (Lipinski definition) is 3. The van der Waals surface area contributed by atoms with Crippen LogP contribution in [0.2, 0.25) is 0 Å². The Morgan fingerprint density at radius 2 is 1.72 bits per heavy atom. The standard InChI is InChI=1S/C15H26N2O/c1-15(2,18-4)9-10-17(3)12-14-7-5-13(11-16)6-8-14/h5-8H,9-12,16H2,1-4H3. The summed E-state index contributed by atoms with van der Waals surface area (Å²) in [7, 11) is 3.91. The average molecular weight is 250 g/mol. The lowest BCUT2D eigenvalue weighted by Gasteiger charge is -2.26. The molecule has 0 unspecified atom stereocenters. The Kier molecular flexibility index (Phi) is 5.79. The highest BCUT2D eigenvalue weighted by Crippen LogP contribution is 2.14. The van der Waals surface area contributed by atoms with Gasteiger partial charge in [0, 0.05) is 26.7 Å². The summed E-state index contributed by atoms with van der Waals surface area (Å²) in [4.78, 5) is 2.32. The first-order valence-corrected chi connectivity index (χ1v) is 6.48. The molecule has 0 saturated heterocycles. The van der Waals surface area contributed by atoms with Crippen molar-refractivity contribution in [3.05, 3.63) is 35.4 Å². The molecular formula is C15H26N2O. The van der Waals surface area contributed by atoms with Crippen molar-refractivity contribution in [1.82, 2.24) is 4.90 Å². The molecule has 3 nitrogen and oxygen atoms in total. The predicted octanol–water partition coefficient (Wildman–Crippen LogP) is 2.39. The van der Waals surface area contributed by atoms with E-state index in [9.17, 15) is 0 Å². The Hall–Kier alpha value is -0.900. The molecule has 0 aromatic heterocycles. The van der Waals surface area contributed by atoms with Crippen LogP contribution in [0.25, 0.3) is 0 Å². The van der Waals surface area contributed by atoms with Gasteiger partial charge in [0.1, 0.15) is 0 Å². The van der Waals surface area contributed by atoms with E-state index in [1.54, 1.807) is 7.11 Å². The van der Waals surface area contributed by atoms with Crippen molar-refractivity contribution in [2.45, 2.75) is 39.0 Å². The van der Waals surface area contributed by atoms with Crippen molar-refractivity contribution in [2.75, 3.05) is 20.7 Å². The number of nitrogens with zero attached hydrogens (tertiary/aromatic N) is 1. The lowest BCUT2D eigenvalue weighted by Crippen LogP contribution is -2.29. The molecular weight excluding hydrogens is 224 g/mol. The summed E-state index contributed by atoms with van der Waals surface area (Å²) in [6, 6.07) is 8.50. The molecule has 0 radical (unpaired) electrons. The van der Waals surface area contributed by atoms with Crippen LogP contribution in [-0.4, -0.2) is 31.2 Å². The minimum absolute atomic E-state index is 0.0440. The van der Waals surface area contributed by atoms with E-state index in [0.717, 1.165) is 19.5 Å². The Balaban J connectivity index is 2.41. The highest BCUT2D eigenvalue weighted by atomic mass is 16.5. The highest BCUT2D eigenvalue weighted by Gasteiger charge is 2.16. The van der Waals surface area contributed by atoms with Gasteiger partial charge in [0.05, 0.1) is 5.60 Å². The van der Waals surface area contributed by atoms with Gasteiger partial charge in [0.25, 0.3) is 0 Å². The van der Waals surface area contributed by atoms with E-state index in [1.165, 1.54) is 11.1 Å². The minimum Gasteiger partial charge on any atom is -0.379 e. The number of methoxy groups -OCH3 is 1. The second kappa shape index (κ2) is 6.88. The first kappa shape index (κ1) is 15.2. The van der Waals surface area contributed by atoms with Gasteiger partial charge in [-0.15, -0.1) is 0 Å². The summed E-state index contributed by atoms with van der Waals surface area (Å²) in [6.07, 6.45) is 1.03. The van der Waals surface area contributed by atoms with E-state index in [1.807, 2.05) is 0 Å². The first-order valence-electron chi connectivity index (χ1n) is 6.48. The van der Waals surface area contributed by atoms with Crippen LogP contribution in [0, 0.1) is 0 Å². The summed E-state index contributed by atoms with van der Waals surface area (Å²) in [5.74, 6) is 0. The Morgan fingerprint density at radius 1 is 1.17 bits per heavy atom. The van der Waals surface area contributed by atoms with Crippen molar-refractivity contribution < 1.29 is 4.74 Å². The monoisotopic (exact) mass is 250 g/mol. The maximum Gasteiger partial charge on any atom is 0.0634 e. The van der Waals surface area contributed by atoms with Gasteiger partial charge in [-0.1, -0.05) is 24.3 Å². The molecule has 0 spiro atoms. The predicted molar refractivity (Wildman–Crippen MR) is 76.4 cm³/mol. The molecule has 3 heteroatoms. The minimum atomic E-state index is -0.0440. The summed E-state index contributed by atoms with van der Waals surface area (Å²) in [5.41, 5.74) is 8.05. The average Bonchev–Trinajstić information content (AvgIpc) is 2.37. The van der Waals surface area contributed by atoms with Crippen LogP contribution in [0.3, 0.4) is 0 Å². The fraction of sp³-hybridized carbons (Fsp3) is 0.600. The zero-order valence-corrected chi connectivity index (χ0v) is 12.1. The molecule has 0 aliphatic rings. The first-order chi connectivity index (χ1) is 8.46. The topological polar surface area (TPSA) is 38.5 Å². The van der Waals surface area contributed by atoms with Gasteiger partial charge in [-0.05, 0) is 38.4 Å². The third-order valence-corrected chi connectivity index (χ3v) is 3.36. The normalized spacial score (nSPS) is 12.1. The molecule has 0 aliphatic carbocycles. The van der Waals surface area contributed by atoms with Gasteiger partial charge in [-0.25, -0.2) is 0 Å². The number of rotatable bonds is 7. The molecule has 1 aromatic rings. The lowest BCUT2D eigenvalue weighted by molar-refractivity contribution is 0.00867. The third kappa shape index (κ3) is 5.17. The van der Waals surface area contributed by atoms with E-state index >= 15 is 0 Å². The van der Waals surface area contributed by atoms with Gasteiger partial charge < -0.3 is 15.4 Å². The Labute approximate surface area is 111 Å². The van der Waals surface area contributed by atoms with Gasteiger partial charge in [0.2, 0.25) is 0 Å². The molecule has 1 rings (SSSR count). The van der Waals surface area contributed by atoms with E-state index < -0.39 is 0 Å². The molecule has 18 heavy (non-hydrogen) atoms. The molecule has 0 fully saturated rings. The second-order valence-electron chi connectivity index (χ2n) is 5.47. The van der Waals surface area contributed by atoms with Crippen LogP contribution in [0.15, 0.2) is 24.3 Å². The van der Waals surface area contributed by atoms with Crippen LogP contribution in [0.1, 0.15) is 31.4 Å². The molecule has 0 amide bonds. The summed E-state index contributed by atoms with van der Waals surface area (Å²) in [6.45, 7) is 6.84. The van der Waals surface area contributed by atoms with E-state index in [4.69, 9.17) is 10.5 Å². The Morgan fingerprint density at radius 3 is 2.22 bits per heavy atom. The van der Waals surface area contributed by atoms with E-state index in [2.05, 4.69) is 50.1 Å². The van der Waals surface area contributed by atoms with E-state index in [-0.39, 0.29) is 5.60 Å². The fourth-order valence-electron chi connectivity index (χ4n) is 1.73. The SMILES string of the molecule is COC(C)(C)CCN(C)Cc1ccc(CN)cc1. The van der Waals surface area contributed by atoms with Crippen molar-refractivity contribution in [3.63, 3.8) is 0 Å². The van der Waals surface area contributed by atoms with Crippen LogP contribution < -0.4 is 5.73 Å². The van der Waals surface area contributed by atoms with Crippen molar-refractivity contribution in [1.29, 1.82) is 0 Å². The number of hydrogen-bond donors (Lipinski definition) is 1. The molecule has 0 bridgehead atoms. The second-order valence-corrected chi connectivity index (χ2v) is 5.47. The quantitative estimate of drug-likeness (QED) is 0.807. The van der Waals surface area contributed by atoms with Crippen molar-refractivity contribution in [2.24, 2.45) is 5.73 Å². The molecule has 0 saturated carbocycles. The van der Waals surface area contributed by atoms with Gasteiger partial charge in [-0.3, -0.25) is 0 Å². The highest BCUT2D eigenvalue weighted by molar-refractivity contribution is 5.22. The lowest BCUT2D eigenvalue weighted by atomic mass is 10.0. The maximum absolute atomic E-state index is 5.59. The zero-order chi connectivity index (χ0) is 13.6. The number of ether oxygens (including phenoxy) is 1. The zero-order valence-electron chi connectivity index (χ0n) is 12.1. The van der Waals surface area contributed by atoms with Crippen LogP contribution in [0.5, 0.6) is 0 Å². The van der Waals surface area contributed by atoms with Crippen LogP contribution in [0.4, 0.5) is 0 Å².